The molecule has 0 aliphatic heterocycles. The predicted molar refractivity (Wildman–Crippen MR) is 88.9 cm³/mol. The van der Waals surface area contributed by atoms with Crippen LogP contribution in [-0.4, -0.2) is 24.1 Å². The number of aromatic nitrogens is 1. The van der Waals surface area contributed by atoms with Crippen LogP contribution in [0.15, 0.2) is 60.8 Å². The number of fused-ring (bicyclic) bond motifs is 1. The standard InChI is InChI=1S/C18H14F2N2O3/c19-18(20)25-14-8-6-13(7-9-14)22-16(23)11-24-15-5-1-3-12-4-2-10-21-17(12)15/h1-10,18H,11H2,(H,22,23). The Morgan fingerprint density at radius 1 is 1.08 bits per heavy atom. The van der Waals surface area contributed by atoms with E-state index < -0.39 is 6.61 Å². The zero-order valence-corrected chi connectivity index (χ0v) is 13.0. The quantitative estimate of drug-likeness (QED) is 0.738. The largest absolute Gasteiger partial charge is 0.481 e. The first-order chi connectivity index (χ1) is 12.1. The lowest BCUT2D eigenvalue weighted by molar-refractivity contribution is -0.118. The fourth-order valence-electron chi connectivity index (χ4n) is 2.25. The van der Waals surface area contributed by atoms with E-state index in [-0.39, 0.29) is 18.3 Å². The van der Waals surface area contributed by atoms with E-state index in [9.17, 15) is 13.6 Å². The van der Waals surface area contributed by atoms with Crippen molar-refractivity contribution in [2.24, 2.45) is 0 Å². The lowest BCUT2D eigenvalue weighted by Crippen LogP contribution is -2.20. The van der Waals surface area contributed by atoms with Crippen molar-refractivity contribution >= 4 is 22.5 Å². The molecule has 0 bridgehead atoms. The van der Waals surface area contributed by atoms with E-state index in [0.29, 0.717) is 17.0 Å². The van der Waals surface area contributed by atoms with Crippen molar-refractivity contribution in [2.75, 3.05) is 11.9 Å². The molecule has 0 saturated heterocycles. The molecule has 1 amide bonds. The van der Waals surface area contributed by atoms with E-state index >= 15 is 0 Å². The average Bonchev–Trinajstić information content (AvgIpc) is 2.61. The van der Waals surface area contributed by atoms with Gasteiger partial charge < -0.3 is 14.8 Å². The van der Waals surface area contributed by atoms with Crippen LogP contribution < -0.4 is 14.8 Å². The zero-order chi connectivity index (χ0) is 17.6. The predicted octanol–water partition coefficient (Wildman–Crippen LogP) is 3.85. The molecule has 0 spiro atoms. The van der Waals surface area contributed by atoms with Gasteiger partial charge in [-0.3, -0.25) is 9.78 Å². The third-order valence-corrected chi connectivity index (χ3v) is 3.32. The average molecular weight is 344 g/mol. The third-order valence-electron chi connectivity index (χ3n) is 3.32. The highest BCUT2D eigenvalue weighted by molar-refractivity contribution is 5.92. The molecule has 7 heteroatoms. The van der Waals surface area contributed by atoms with Crippen molar-refractivity contribution in [3.8, 4) is 11.5 Å². The number of alkyl halides is 2. The second-order valence-corrected chi connectivity index (χ2v) is 5.07. The van der Waals surface area contributed by atoms with Crippen molar-refractivity contribution in [1.82, 2.24) is 4.98 Å². The van der Waals surface area contributed by atoms with Gasteiger partial charge in [0.2, 0.25) is 0 Å². The van der Waals surface area contributed by atoms with Crippen molar-refractivity contribution in [3.63, 3.8) is 0 Å². The number of carbonyl (C=O) groups excluding carboxylic acids is 1. The maximum atomic E-state index is 12.1. The van der Waals surface area contributed by atoms with Gasteiger partial charge in [-0.2, -0.15) is 8.78 Å². The SMILES string of the molecule is O=C(COc1cccc2cccnc12)Nc1ccc(OC(F)F)cc1. The van der Waals surface area contributed by atoms with Gasteiger partial charge in [0.15, 0.2) is 6.61 Å². The van der Waals surface area contributed by atoms with E-state index in [2.05, 4.69) is 15.0 Å². The second kappa shape index (κ2) is 7.57. The summed E-state index contributed by atoms with van der Waals surface area (Å²) in [6.07, 6.45) is 1.65. The van der Waals surface area contributed by atoms with Gasteiger partial charge in [0.25, 0.3) is 5.91 Å². The third kappa shape index (κ3) is 4.41. The summed E-state index contributed by atoms with van der Waals surface area (Å²) >= 11 is 0. The zero-order valence-electron chi connectivity index (χ0n) is 13.0. The van der Waals surface area contributed by atoms with Gasteiger partial charge in [0, 0.05) is 17.3 Å². The fraction of sp³-hybridized carbons (Fsp3) is 0.111. The first-order valence-electron chi connectivity index (χ1n) is 7.43. The smallest absolute Gasteiger partial charge is 0.387 e. The Kier molecular flexibility index (Phi) is 5.03. The molecule has 0 aliphatic rings. The van der Waals surface area contributed by atoms with E-state index in [1.807, 2.05) is 24.3 Å². The first kappa shape index (κ1) is 16.6. The fourth-order valence-corrected chi connectivity index (χ4v) is 2.25. The summed E-state index contributed by atoms with van der Waals surface area (Å²) in [5.41, 5.74) is 1.12. The van der Waals surface area contributed by atoms with Crippen LogP contribution >= 0.6 is 0 Å². The number of anilines is 1. The molecule has 2 aromatic carbocycles. The van der Waals surface area contributed by atoms with Crippen molar-refractivity contribution in [2.45, 2.75) is 6.61 Å². The number of nitrogens with zero attached hydrogens (tertiary/aromatic N) is 1. The topological polar surface area (TPSA) is 60.5 Å². The van der Waals surface area contributed by atoms with Gasteiger partial charge in [-0.1, -0.05) is 18.2 Å². The minimum absolute atomic E-state index is 0.0195. The van der Waals surface area contributed by atoms with Crippen molar-refractivity contribution in [1.29, 1.82) is 0 Å². The highest BCUT2D eigenvalue weighted by atomic mass is 19.3. The molecular weight excluding hydrogens is 330 g/mol. The maximum Gasteiger partial charge on any atom is 0.387 e. The molecule has 25 heavy (non-hydrogen) atoms. The maximum absolute atomic E-state index is 12.1. The van der Waals surface area contributed by atoms with Gasteiger partial charge in [-0.05, 0) is 36.4 Å². The van der Waals surface area contributed by atoms with Crippen LogP contribution in [0, 0.1) is 0 Å². The number of halogens is 2. The number of carbonyl (C=O) groups is 1. The van der Waals surface area contributed by atoms with Crippen molar-refractivity contribution in [3.05, 3.63) is 60.8 Å². The summed E-state index contributed by atoms with van der Waals surface area (Å²) < 4.78 is 34.0. The number of hydrogen-bond acceptors (Lipinski definition) is 4. The minimum atomic E-state index is -2.89. The lowest BCUT2D eigenvalue weighted by Gasteiger charge is -2.10. The van der Waals surface area contributed by atoms with Crippen LogP contribution in [-0.2, 0) is 4.79 Å². The molecule has 0 saturated carbocycles. The van der Waals surface area contributed by atoms with Gasteiger partial charge in [-0.15, -0.1) is 0 Å². The Morgan fingerprint density at radius 3 is 2.60 bits per heavy atom. The minimum Gasteiger partial charge on any atom is -0.481 e. The van der Waals surface area contributed by atoms with Gasteiger partial charge in [0.1, 0.15) is 17.0 Å². The Morgan fingerprint density at radius 2 is 1.84 bits per heavy atom. The molecule has 0 aliphatic carbocycles. The number of amides is 1. The van der Waals surface area contributed by atoms with Gasteiger partial charge in [-0.25, -0.2) is 0 Å². The van der Waals surface area contributed by atoms with E-state index in [0.717, 1.165) is 5.39 Å². The van der Waals surface area contributed by atoms with Crippen molar-refractivity contribution < 1.29 is 23.0 Å². The molecule has 3 rings (SSSR count). The number of pyridine rings is 1. The molecular formula is C18H14F2N2O3. The highest BCUT2D eigenvalue weighted by Crippen LogP contribution is 2.23. The molecule has 1 aromatic heterocycles. The molecule has 0 fully saturated rings. The van der Waals surface area contributed by atoms with E-state index in [1.54, 1.807) is 12.3 Å². The number of benzene rings is 2. The summed E-state index contributed by atoms with van der Waals surface area (Å²) in [6.45, 7) is -3.09. The van der Waals surface area contributed by atoms with Crippen LogP contribution in [0.2, 0.25) is 0 Å². The summed E-state index contributed by atoms with van der Waals surface area (Å²) in [7, 11) is 0. The Labute approximate surface area is 142 Å². The molecule has 1 heterocycles. The van der Waals surface area contributed by atoms with Gasteiger partial charge in [0.05, 0.1) is 0 Å². The first-order valence-corrected chi connectivity index (χ1v) is 7.43. The van der Waals surface area contributed by atoms with Crippen LogP contribution in [0.5, 0.6) is 11.5 Å². The summed E-state index contributed by atoms with van der Waals surface area (Å²) in [4.78, 5) is 16.2. The normalized spacial score (nSPS) is 10.7. The molecule has 0 atom stereocenters. The second-order valence-electron chi connectivity index (χ2n) is 5.07. The van der Waals surface area contributed by atoms with E-state index in [4.69, 9.17) is 4.74 Å². The van der Waals surface area contributed by atoms with Crippen LogP contribution in [0.4, 0.5) is 14.5 Å². The lowest BCUT2D eigenvalue weighted by atomic mass is 10.2. The van der Waals surface area contributed by atoms with Crippen LogP contribution in [0.25, 0.3) is 10.9 Å². The number of ether oxygens (including phenoxy) is 2. The molecule has 3 aromatic rings. The Bertz CT molecular complexity index is 864. The van der Waals surface area contributed by atoms with Gasteiger partial charge >= 0.3 is 6.61 Å². The summed E-state index contributed by atoms with van der Waals surface area (Å²) in [5, 5.41) is 3.53. The summed E-state index contributed by atoms with van der Waals surface area (Å²) in [5.74, 6) is 0.149. The van der Waals surface area contributed by atoms with E-state index in [1.165, 1.54) is 24.3 Å². The highest BCUT2D eigenvalue weighted by Gasteiger charge is 2.08. The Hall–Kier alpha value is -3.22. The Balaban J connectivity index is 1.59. The number of rotatable bonds is 6. The number of para-hydroxylation sites is 1. The molecule has 0 unspecified atom stereocenters. The number of nitrogens with one attached hydrogen (secondary N) is 1. The summed E-state index contributed by atoms with van der Waals surface area (Å²) in [6, 6.07) is 14.8. The molecule has 128 valence electrons. The molecule has 5 nitrogen and oxygen atoms in total. The molecule has 1 N–H and O–H groups in total. The molecule has 0 radical (unpaired) electrons. The van der Waals surface area contributed by atoms with Crippen LogP contribution in [0.1, 0.15) is 0 Å². The van der Waals surface area contributed by atoms with Crippen LogP contribution in [0.3, 0.4) is 0 Å². The monoisotopic (exact) mass is 344 g/mol. The number of hydrogen-bond donors (Lipinski definition) is 1.